The Kier molecular flexibility index (Phi) is 3.33. The van der Waals surface area contributed by atoms with Gasteiger partial charge in [-0.1, -0.05) is 38.1 Å². The number of carbonyl (C=O) groups is 1. The van der Waals surface area contributed by atoms with Crippen molar-refractivity contribution in [2.75, 3.05) is 6.54 Å². The summed E-state index contributed by atoms with van der Waals surface area (Å²) in [5, 5.41) is 9.70. The van der Waals surface area contributed by atoms with Crippen molar-refractivity contribution in [3.8, 4) is 0 Å². The smallest absolute Gasteiger partial charge is 0.325 e. The number of hydrogen-bond donors (Lipinski definition) is 1. The van der Waals surface area contributed by atoms with Gasteiger partial charge in [0.25, 0.3) is 0 Å². The zero-order chi connectivity index (χ0) is 14.3. The van der Waals surface area contributed by atoms with Crippen molar-refractivity contribution in [1.82, 2.24) is 4.90 Å². The van der Waals surface area contributed by atoms with Gasteiger partial charge in [0.15, 0.2) is 0 Å². The molecule has 1 N–H and O–H groups in total. The average Bonchev–Trinajstić information content (AvgIpc) is 2.77. The fourth-order valence-corrected chi connectivity index (χ4v) is 3.94. The molecule has 0 radical (unpaired) electrons. The van der Waals surface area contributed by atoms with E-state index in [-0.39, 0.29) is 0 Å². The summed E-state index contributed by atoms with van der Waals surface area (Å²) in [4.78, 5) is 14.0. The van der Waals surface area contributed by atoms with Crippen LogP contribution in [-0.2, 0) is 11.2 Å². The summed E-state index contributed by atoms with van der Waals surface area (Å²) in [5.74, 6) is -0.707. The highest BCUT2D eigenvalue weighted by Crippen LogP contribution is 2.43. The number of fused-ring (bicyclic) bond motifs is 1. The lowest BCUT2D eigenvalue weighted by Crippen LogP contribution is -2.45. The molecule has 0 spiro atoms. The number of hydrogen-bond acceptors (Lipinski definition) is 2. The lowest BCUT2D eigenvalue weighted by molar-refractivity contribution is -0.145. The minimum absolute atomic E-state index is 0.352. The Balaban J connectivity index is 1.91. The van der Waals surface area contributed by atoms with Crippen molar-refractivity contribution >= 4 is 5.97 Å². The molecule has 3 heteroatoms. The van der Waals surface area contributed by atoms with Crippen LogP contribution >= 0.6 is 0 Å². The molecule has 0 bridgehead atoms. The minimum Gasteiger partial charge on any atom is -0.480 e. The minimum atomic E-state index is -0.707. The summed E-state index contributed by atoms with van der Waals surface area (Å²) in [6, 6.07) is 7.98. The van der Waals surface area contributed by atoms with E-state index in [2.05, 4.69) is 24.8 Å². The molecule has 0 aromatic heterocycles. The van der Waals surface area contributed by atoms with Crippen LogP contribution in [-0.4, -0.2) is 28.6 Å². The van der Waals surface area contributed by atoms with Gasteiger partial charge >= 0.3 is 5.97 Å². The lowest BCUT2D eigenvalue weighted by Gasteiger charge is -2.39. The van der Waals surface area contributed by atoms with Crippen molar-refractivity contribution in [1.29, 1.82) is 0 Å². The first-order valence-electron chi connectivity index (χ1n) is 7.54. The maximum Gasteiger partial charge on any atom is 0.325 e. The first kappa shape index (κ1) is 13.6. The maximum absolute atomic E-state index is 11.8. The van der Waals surface area contributed by atoms with E-state index >= 15 is 0 Å². The van der Waals surface area contributed by atoms with Crippen molar-refractivity contribution in [3.63, 3.8) is 0 Å². The van der Waals surface area contributed by atoms with E-state index in [1.807, 2.05) is 18.2 Å². The molecule has 0 saturated heterocycles. The van der Waals surface area contributed by atoms with Gasteiger partial charge in [-0.25, -0.2) is 0 Å². The van der Waals surface area contributed by atoms with Crippen molar-refractivity contribution in [2.45, 2.75) is 51.6 Å². The molecule has 0 amide bonds. The van der Waals surface area contributed by atoms with Crippen LogP contribution in [0.15, 0.2) is 24.3 Å². The highest BCUT2D eigenvalue weighted by Gasteiger charge is 2.41. The molecule has 3 nitrogen and oxygen atoms in total. The van der Waals surface area contributed by atoms with E-state index < -0.39 is 12.0 Å². The van der Waals surface area contributed by atoms with Crippen LogP contribution in [0.4, 0.5) is 0 Å². The first-order valence-corrected chi connectivity index (χ1v) is 7.54. The van der Waals surface area contributed by atoms with Crippen molar-refractivity contribution < 1.29 is 9.90 Å². The largest absolute Gasteiger partial charge is 0.480 e. The molecule has 1 heterocycles. The Morgan fingerprint density at radius 1 is 1.35 bits per heavy atom. The van der Waals surface area contributed by atoms with E-state index in [0.717, 1.165) is 31.4 Å². The summed E-state index contributed by atoms with van der Waals surface area (Å²) in [6.07, 6.45) is 4.40. The standard InChI is InChI=1S/C17H23NO2/c1-17(2)9-7-13(11-17)18-10-8-12-5-3-4-6-14(12)15(18)16(19)20/h3-6,13,15H,7-11H2,1-2H3,(H,19,20). The molecule has 1 saturated carbocycles. The Labute approximate surface area is 120 Å². The summed E-state index contributed by atoms with van der Waals surface area (Å²) in [5.41, 5.74) is 2.55. The van der Waals surface area contributed by atoms with E-state index in [9.17, 15) is 9.90 Å². The van der Waals surface area contributed by atoms with E-state index in [1.54, 1.807) is 0 Å². The Morgan fingerprint density at radius 3 is 2.75 bits per heavy atom. The molecule has 108 valence electrons. The van der Waals surface area contributed by atoms with E-state index in [4.69, 9.17) is 0 Å². The quantitative estimate of drug-likeness (QED) is 0.899. The third-order valence-electron chi connectivity index (χ3n) is 4.97. The van der Waals surface area contributed by atoms with Gasteiger partial charge in [0.05, 0.1) is 0 Å². The SMILES string of the molecule is CC1(C)CCC(N2CCc3ccccc3C2C(=O)O)C1. The fourth-order valence-electron chi connectivity index (χ4n) is 3.94. The summed E-state index contributed by atoms with van der Waals surface area (Å²) < 4.78 is 0. The highest BCUT2D eigenvalue weighted by atomic mass is 16.4. The summed E-state index contributed by atoms with van der Waals surface area (Å²) in [7, 11) is 0. The van der Waals surface area contributed by atoms with E-state index in [1.165, 1.54) is 12.0 Å². The topological polar surface area (TPSA) is 40.5 Å². The number of nitrogens with zero attached hydrogens (tertiary/aromatic N) is 1. The third kappa shape index (κ3) is 2.35. The second kappa shape index (κ2) is 4.88. The first-order chi connectivity index (χ1) is 9.48. The average molecular weight is 273 g/mol. The van der Waals surface area contributed by atoms with Gasteiger partial charge in [0, 0.05) is 12.6 Å². The normalized spacial score (nSPS) is 29.1. The molecule has 2 atom stereocenters. The molecule has 3 rings (SSSR count). The Bertz CT molecular complexity index is 523. The van der Waals surface area contributed by atoms with Crippen LogP contribution in [0.3, 0.4) is 0 Å². The third-order valence-corrected chi connectivity index (χ3v) is 4.97. The number of rotatable bonds is 2. The number of carboxylic acids is 1. The van der Waals surface area contributed by atoms with Crippen LogP contribution in [0.5, 0.6) is 0 Å². The number of aliphatic carboxylic acids is 1. The molecule has 1 aliphatic carbocycles. The van der Waals surface area contributed by atoms with Gasteiger partial charge < -0.3 is 5.11 Å². The van der Waals surface area contributed by atoms with Crippen LogP contribution < -0.4 is 0 Å². The zero-order valence-corrected chi connectivity index (χ0v) is 12.3. The molecule has 1 aliphatic heterocycles. The van der Waals surface area contributed by atoms with Crippen LogP contribution in [0.2, 0.25) is 0 Å². The van der Waals surface area contributed by atoms with Gasteiger partial charge in [-0.3, -0.25) is 9.69 Å². The Morgan fingerprint density at radius 2 is 2.10 bits per heavy atom. The summed E-state index contributed by atoms with van der Waals surface area (Å²) >= 11 is 0. The molecule has 2 unspecified atom stereocenters. The second-order valence-corrected chi connectivity index (χ2v) is 6.99. The van der Waals surface area contributed by atoms with Gasteiger partial charge in [-0.05, 0) is 42.2 Å². The van der Waals surface area contributed by atoms with Crippen molar-refractivity contribution in [2.24, 2.45) is 5.41 Å². The monoisotopic (exact) mass is 273 g/mol. The summed E-state index contributed by atoms with van der Waals surface area (Å²) in [6.45, 7) is 5.45. The van der Waals surface area contributed by atoms with Gasteiger partial charge in [-0.15, -0.1) is 0 Å². The van der Waals surface area contributed by atoms with Crippen molar-refractivity contribution in [3.05, 3.63) is 35.4 Å². The molecular formula is C17H23NO2. The van der Waals surface area contributed by atoms with E-state index in [0.29, 0.717) is 11.5 Å². The van der Waals surface area contributed by atoms with Crippen LogP contribution in [0.25, 0.3) is 0 Å². The predicted molar refractivity (Wildman–Crippen MR) is 78.6 cm³/mol. The molecule has 20 heavy (non-hydrogen) atoms. The van der Waals surface area contributed by atoms with Crippen LogP contribution in [0, 0.1) is 5.41 Å². The molecule has 1 fully saturated rings. The Hall–Kier alpha value is -1.35. The van der Waals surface area contributed by atoms with Gasteiger partial charge in [0.2, 0.25) is 0 Å². The second-order valence-electron chi connectivity index (χ2n) is 6.99. The molecule has 1 aromatic rings. The van der Waals surface area contributed by atoms with Crippen LogP contribution in [0.1, 0.15) is 50.3 Å². The zero-order valence-electron chi connectivity index (χ0n) is 12.3. The lowest BCUT2D eigenvalue weighted by atomic mass is 9.89. The number of benzene rings is 1. The maximum atomic E-state index is 11.8. The molecule has 2 aliphatic rings. The molecular weight excluding hydrogens is 250 g/mol. The molecule has 1 aromatic carbocycles. The number of carboxylic acid groups (broad SMARTS) is 1. The van der Waals surface area contributed by atoms with Gasteiger partial charge in [0.1, 0.15) is 6.04 Å². The predicted octanol–water partition coefficient (Wildman–Crippen LogP) is 3.25. The fraction of sp³-hybridized carbons (Fsp3) is 0.588. The highest BCUT2D eigenvalue weighted by molar-refractivity contribution is 5.76. The van der Waals surface area contributed by atoms with Gasteiger partial charge in [-0.2, -0.15) is 0 Å².